The van der Waals surface area contributed by atoms with Crippen LogP contribution < -0.4 is 10.6 Å². The number of halogens is 3. The zero-order valence-corrected chi connectivity index (χ0v) is 12.5. The van der Waals surface area contributed by atoms with Gasteiger partial charge in [0, 0.05) is 24.8 Å². The molecule has 0 heterocycles. The fourth-order valence-corrected chi connectivity index (χ4v) is 2.10. The Morgan fingerprint density at radius 2 is 1.86 bits per heavy atom. The lowest BCUT2D eigenvalue weighted by Crippen LogP contribution is -2.31. The summed E-state index contributed by atoms with van der Waals surface area (Å²) in [4.78, 5) is 1.79. The molecular weight excluding hydrogens is 283 g/mol. The highest BCUT2D eigenvalue weighted by Crippen LogP contribution is 2.33. The van der Waals surface area contributed by atoms with Gasteiger partial charge in [-0.2, -0.15) is 13.2 Å². The molecule has 0 unspecified atom stereocenters. The van der Waals surface area contributed by atoms with Crippen LogP contribution in [0.5, 0.6) is 0 Å². The summed E-state index contributed by atoms with van der Waals surface area (Å²) >= 11 is 0. The van der Waals surface area contributed by atoms with Gasteiger partial charge in [-0.15, -0.1) is 0 Å². The molecule has 0 radical (unpaired) electrons. The average Bonchev–Trinajstić information content (AvgIpc) is 2.34. The molecule has 3 N–H and O–H groups in total. The van der Waals surface area contributed by atoms with Gasteiger partial charge in [0.2, 0.25) is 0 Å². The number of benzene rings is 1. The lowest BCUT2D eigenvalue weighted by Gasteiger charge is -2.30. The molecule has 0 aliphatic carbocycles. The third-order valence-electron chi connectivity index (χ3n) is 2.83. The first-order valence-corrected chi connectivity index (χ1v) is 6.36. The van der Waals surface area contributed by atoms with Crippen LogP contribution in [0.4, 0.5) is 18.9 Å². The number of anilines is 1. The molecule has 0 saturated heterocycles. The van der Waals surface area contributed by atoms with Crippen LogP contribution in [0.15, 0.2) is 23.4 Å². The van der Waals surface area contributed by atoms with Gasteiger partial charge in [0.15, 0.2) is 5.84 Å². The maximum absolute atomic E-state index is 12.8. The first-order chi connectivity index (χ1) is 9.45. The molecular formula is C14H20F3N3O. The molecule has 0 spiro atoms. The van der Waals surface area contributed by atoms with Gasteiger partial charge in [0.1, 0.15) is 0 Å². The monoisotopic (exact) mass is 303 g/mol. The molecule has 1 rings (SSSR count). The highest BCUT2D eigenvalue weighted by molar-refractivity contribution is 6.02. The van der Waals surface area contributed by atoms with Crippen molar-refractivity contribution in [3.05, 3.63) is 29.3 Å². The highest BCUT2D eigenvalue weighted by Gasteiger charge is 2.32. The Balaban J connectivity index is 3.32. The second kappa shape index (κ2) is 5.83. The van der Waals surface area contributed by atoms with E-state index in [4.69, 9.17) is 10.9 Å². The fraction of sp³-hybridized carbons (Fsp3) is 0.500. The quantitative estimate of drug-likeness (QED) is 0.390. The Morgan fingerprint density at radius 3 is 2.29 bits per heavy atom. The van der Waals surface area contributed by atoms with Gasteiger partial charge in [-0.3, -0.25) is 0 Å². The van der Waals surface area contributed by atoms with Crippen LogP contribution in [0.3, 0.4) is 0 Å². The van der Waals surface area contributed by atoms with E-state index < -0.39 is 11.7 Å². The van der Waals surface area contributed by atoms with Gasteiger partial charge in [0.25, 0.3) is 0 Å². The summed E-state index contributed by atoms with van der Waals surface area (Å²) in [7, 11) is 1.75. The molecule has 1 aromatic rings. The maximum atomic E-state index is 12.8. The number of amidine groups is 1. The third-order valence-corrected chi connectivity index (χ3v) is 2.83. The summed E-state index contributed by atoms with van der Waals surface area (Å²) in [6.07, 6.45) is -4.48. The molecule has 0 aliphatic heterocycles. The largest absolute Gasteiger partial charge is 0.416 e. The first kappa shape index (κ1) is 17.1. The molecule has 4 nitrogen and oxygen atoms in total. The molecule has 0 fully saturated rings. The lowest BCUT2D eigenvalue weighted by atomic mass is 9.95. The molecule has 0 aromatic heterocycles. The van der Waals surface area contributed by atoms with E-state index in [-0.39, 0.29) is 16.8 Å². The summed E-state index contributed by atoms with van der Waals surface area (Å²) in [6.45, 7) is 6.63. The summed E-state index contributed by atoms with van der Waals surface area (Å²) < 4.78 is 38.3. The molecule has 0 amide bonds. The SMILES string of the molecule is CN(CC(C)(C)C)c1ccc(C(F)(F)F)cc1C(N)=NO. The first-order valence-electron chi connectivity index (χ1n) is 6.36. The minimum absolute atomic E-state index is 0.0547. The van der Waals surface area contributed by atoms with E-state index in [9.17, 15) is 13.2 Å². The van der Waals surface area contributed by atoms with E-state index in [1.165, 1.54) is 6.07 Å². The van der Waals surface area contributed by atoms with Crippen molar-refractivity contribution in [3.63, 3.8) is 0 Å². The standard InChI is InChI=1S/C14H20F3N3O/c1-13(2,3)8-20(4)11-6-5-9(14(15,16)17)7-10(11)12(18)19-21/h5-7,21H,8H2,1-4H3,(H2,18,19). The minimum Gasteiger partial charge on any atom is -0.409 e. The van der Waals surface area contributed by atoms with E-state index in [0.717, 1.165) is 12.1 Å². The van der Waals surface area contributed by atoms with Gasteiger partial charge in [-0.25, -0.2) is 0 Å². The Labute approximate surface area is 122 Å². The van der Waals surface area contributed by atoms with Gasteiger partial charge in [0.05, 0.1) is 5.56 Å². The second-order valence-electron chi connectivity index (χ2n) is 6.13. The van der Waals surface area contributed by atoms with Gasteiger partial charge in [-0.1, -0.05) is 25.9 Å². The minimum atomic E-state index is -4.48. The van der Waals surface area contributed by atoms with Crippen LogP contribution in [-0.2, 0) is 6.18 Å². The summed E-state index contributed by atoms with van der Waals surface area (Å²) in [5.41, 5.74) is 5.16. The van der Waals surface area contributed by atoms with Gasteiger partial charge >= 0.3 is 6.18 Å². The van der Waals surface area contributed by atoms with Crippen molar-refractivity contribution in [2.75, 3.05) is 18.5 Å². The lowest BCUT2D eigenvalue weighted by molar-refractivity contribution is -0.137. The molecule has 118 valence electrons. The fourth-order valence-electron chi connectivity index (χ4n) is 2.10. The van der Waals surface area contributed by atoms with E-state index in [1.54, 1.807) is 11.9 Å². The molecule has 0 atom stereocenters. The normalized spacial score (nSPS) is 13.4. The van der Waals surface area contributed by atoms with Crippen molar-refractivity contribution in [3.8, 4) is 0 Å². The molecule has 0 aliphatic rings. The number of nitrogens with two attached hydrogens (primary N) is 1. The van der Waals surface area contributed by atoms with Crippen LogP contribution in [0.2, 0.25) is 0 Å². The van der Waals surface area contributed by atoms with Crippen molar-refractivity contribution >= 4 is 11.5 Å². The van der Waals surface area contributed by atoms with Gasteiger partial charge < -0.3 is 15.8 Å². The van der Waals surface area contributed by atoms with Crippen molar-refractivity contribution in [1.29, 1.82) is 0 Å². The molecule has 7 heteroatoms. The highest BCUT2D eigenvalue weighted by atomic mass is 19.4. The van der Waals surface area contributed by atoms with Crippen molar-refractivity contribution in [1.82, 2.24) is 0 Å². The van der Waals surface area contributed by atoms with Crippen LogP contribution in [-0.4, -0.2) is 24.6 Å². The van der Waals surface area contributed by atoms with Crippen LogP contribution in [0.25, 0.3) is 0 Å². The Bertz CT molecular complexity index is 533. The molecule has 1 aromatic carbocycles. The number of alkyl halides is 3. The predicted molar refractivity (Wildman–Crippen MR) is 76.7 cm³/mol. The molecule has 0 saturated carbocycles. The zero-order valence-electron chi connectivity index (χ0n) is 12.5. The van der Waals surface area contributed by atoms with Gasteiger partial charge in [-0.05, 0) is 23.6 Å². The van der Waals surface area contributed by atoms with E-state index in [0.29, 0.717) is 12.2 Å². The molecule has 21 heavy (non-hydrogen) atoms. The maximum Gasteiger partial charge on any atom is 0.416 e. The second-order valence-corrected chi connectivity index (χ2v) is 6.13. The van der Waals surface area contributed by atoms with Crippen molar-refractivity contribution in [2.24, 2.45) is 16.3 Å². The predicted octanol–water partition coefficient (Wildman–Crippen LogP) is 3.28. The van der Waals surface area contributed by atoms with E-state index in [2.05, 4.69) is 5.16 Å². The number of nitrogens with zero attached hydrogens (tertiary/aromatic N) is 2. The summed E-state index contributed by atoms with van der Waals surface area (Å²) in [6, 6.07) is 3.22. The Hall–Kier alpha value is -1.92. The topological polar surface area (TPSA) is 61.8 Å². The van der Waals surface area contributed by atoms with Crippen LogP contribution in [0.1, 0.15) is 31.9 Å². The van der Waals surface area contributed by atoms with E-state index in [1.807, 2.05) is 20.8 Å². The smallest absolute Gasteiger partial charge is 0.409 e. The third kappa shape index (κ3) is 4.54. The Morgan fingerprint density at radius 1 is 1.29 bits per heavy atom. The van der Waals surface area contributed by atoms with Crippen LogP contribution >= 0.6 is 0 Å². The van der Waals surface area contributed by atoms with Crippen LogP contribution in [0, 0.1) is 5.41 Å². The number of oxime groups is 1. The van der Waals surface area contributed by atoms with Crippen molar-refractivity contribution in [2.45, 2.75) is 26.9 Å². The number of hydrogen-bond donors (Lipinski definition) is 2. The van der Waals surface area contributed by atoms with E-state index >= 15 is 0 Å². The summed E-state index contributed by atoms with van der Waals surface area (Å²) in [5, 5.41) is 11.6. The molecule has 0 bridgehead atoms. The zero-order chi connectivity index (χ0) is 16.4. The number of hydrogen-bond acceptors (Lipinski definition) is 3. The Kier molecular flexibility index (Phi) is 4.76. The summed E-state index contributed by atoms with van der Waals surface area (Å²) in [5.74, 6) is -0.350. The average molecular weight is 303 g/mol. The number of rotatable bonds is 3. The van der Waals surface area contributed by atoms with Crippen molar-refractivity contribution < 1.29 is 18.4 Å².